The molecule has 0 saturated carbocycles. The molecule has 0 radical (unpaired) electrons. The van der Waals surface area contributed by atoms with Crippen molar-refractivity contribution in [2.45, 2.75) is 13.0 Å². The number of imide groups is 1. The largest absolute Gasteiger partial charge is 0.324 e. The predicted octanol–water partition coefficient (Wildman–Crippen LogP) is 3.86. The van der Waals surface area contributed by atoms with Gasteiger partial charge in [-0.25, -0.2) is 10.3 Å². The van der Waals surface area contributed by atoms with Crippen LogP contribution in [-0.2, 0) is 17.8 Å². The maximum atomic E-state index is 12.9. The molecule has 0 aliphatic rings. The molecule has 4 amide bonds. The SMILES string of the molecule is O=C(/C=C/c1ccc(CN(CCc2ccccc2)C(=O)NC(=O)c2ccccc2)s1)NO. The van der Waals surface area contributed by atoms with Gasteiger partial charge in [-0.05, 0) is 42.3 Å². The van der Waals surface area contributed by atoms with E-state index in [-0.39, 0.29) is 0 Å². The molecular formula is C24H23N3O4S. The third kappa shape index (κ3) is 6.90. The number of thiophene rings is 1. The first kappa shape index (κ1) is 22.9. The normalized spacial score (nSPS) is 10.7. The van der Waals surface area contributed by atoms with Crippen molar-refractivity contribution in [2.24, 2.45) is 0 Å². The van der Waals surface area contributed by atoms with Crippen molar-refractivity contribution in [3.05, 3.63) is 99.8 Å². The summed E-state index contributed by atoms with van der Waals surface area (Å²) in [4.78, 5) is 39.8. The van der Waals surface area contributed by atoms with Gasteiger partial charge in [-0.3, -0.25) is 20.1 Å². The van der Waals surface area contributed by atoms with E-state index in [2.05, 4.69) is 5.32 Å². The Balaban J connectivity index is 1.70. The monoisotopic (exact) mass is 449 g/mol. The summed E-state index contributed by atoms with van der Waals surface area (Å²) in [7, 11) is 0. The Morgan fingerprint density at radius 3 is 2.31 bits per heavy atom. The van der Waals surface area contributed by atoms with E-state index < -0.39 is 17.8 Å². The molecule has 3 N–H and O–H groups in total. The maximum Gasteiger partial charge on any atom is 0.324 e. The first-order valence-corrected chi connectivity index (χ1v) is 10.8. The van der Waals surface area contributed by atoms with Crippen LogP contribution in [-0.4, -0.2) is 34.5 Å². The Morgan fingerprint density at radius 2 is 1.62 bits per heavy atom. The van der Waals surface area contributed by atoms with E-state index in [4.69, 9.17) is 5.21 Å². The number of rotatable bonds is 8. The summed E-state index contributed by atoms with van der Waals surface area (Å²) in [5, 5.41) is 11.0. The first-order valence-electron chi connectivity index (χ1n) is 9.95. The van der Waals surface area contributed by atoms with Gasteiger partial charge in [-0.2, -0.15) is 0 Å². The molecule has 0 spiro atoms. The average Bonchev–Trinajstić information content (AvgIpc) is 3.28. The van der Waals surface area contributed by atoms with Gasteiger partial charge in [0.05, 0.1) is 6.54 Å². The molecule has 164 valence electrons. The quantitative estimate of drug-likeness (QED) is 0.276. The third-order valence-corrected chi connectivity index (χ3v) is 5.63. The molecule has 32 heavy (non-hydrogen) atoms. The zero-order valence-corrected chi connectivity index (χ0v) is 18.0. The number of carbonyl (C=O) groups is 3. The Kier molecular flexibility index (Phi) is 8.30. The third-order valence-electron chi connectivity index (χ3n) is 4.60. The van der Waals surface area contributed by atoms with Gasteiger partial charge in [0.25, 0.3) is 11.8 Å². The molecule has 3 aromatic rings. The minimum Gasteiger partial charge on any atom is -0.319 e. The fraction of sp³-hybridized carbons (Fsp3) is 0.125. The van der Waals surface area contributed by atoms with Crippen LogP contribution < -0.4 is 10.8 Å². The highest BCUT2D eigenvalue weighted by molar-refractivity contribution is 7.12. The van der Waals surface area contributed by atoms with E-state index in [1.165, 1.54) is 22.9 Å². The molecule has 1 aromatic heterocycles. The number of nitrogens with one attached hydrogen (secondary N) is 2. The van der Waals surface area contributed by atoms with Crippen molar-refractivity contribution in [1.82, 2.24) is 15.7 Å². The molecule has 0 unspecified atom stereocenters. The van der Waals surface area contributed by atoms with Crippen LogP contribution in [0.5, 0.6) is 0 Å². The van der Waals surface area contributed by atoms with Crippen LogP contribution in [0.4, 0.5) is 4.79 Å². The second-order valence-corrected chi connectivity index (χ2v) is 8.10. The van der Waals surface area contributed by atoms with Gasteiger partial charge in [0.2, 0.25) is 0 Å². The van der Waals surface area contributed by atoms with E-state index in [1.807, 2.05) is 42.5 Å². The molecule has 0 bridgehead atoms. The van der Waals surface area contributed by atoms with Gasteiger partial charge < -0.3 is 4.90 Å². The topological polar surface area (TPSA) is 98.7 Å². The molecular weight excluding hydrogens is 426 g/mol. The molecule has 0 fully saturated rings. The zero-order chi connectivity index (χ0) is 22.8. The summed E-state index contributed by atoms with van der Waals surface area (Å²) in [6.07, 6.45) is 3.43. The molecule has 0 saturated heterocycles. The Bertz CT molecular complexity index is 1080. The van der Waals surface area contributed by atoms with Gasteiger partial charge in [0.15, 0.2) is 0 Å². The lowest BCUT2D eigenvalue weighted by molar-refractivity contribution is -0.124. The number of hydroxylamine groups is 1. The van der Waals surface area contributed by atoms with Crippen molar-refractivity contribution >= 4 is 35.3 Å². The minimum absolute atomic E-state index is 0.311. The van der Waals surface area contributed by atoms with E-state index in [0.29, 0.717) is 25.1 Å². The maximum absolute atomic E-state index is 12.9. The van der Waals surface area contributed by atoms with Crippen molar-refractivity contribution in [2.75, 3.05) is 6.54 Å². The van der Waals surface area contributed by atoms with Crippen molar-refractivity contribution in [1.29, 1.82) is 0 Å². The fourth-order valence-corrected chi connectivity index (χ4v) is 3.88. The van der Waals surface area contributed by atoms with Crippen LogP contribution in [0.1, 0.15) is 25.7 Å². The summed E-state index contributed by atoms with van der Waals surface area (Å²) in [5.74, 6) is -1.08. The molecule has 7 nitrogen and oxygen atoms in total. The summed E-state index contributed by atoms with van der Waals surface area (Å²) in [6, 6.07) is 21.6. The highest BCUT2D eigenvalue weighted by atomic mass is 32.1. The molecule has 0 aliphatic heterocycles. The van der Waals surface area contributed by atoms with Gasteiger partial charge in [-0.15, -0.1) is 11.3 Å². The number of hydrogen-bond acceptors (Lipinski definition) is 5. The number of carbonyl (C=O) groups excluding carboxylic acids is 3. The summed E-state index contributed by atoms with van der Waals surface area (Å²) < 4.78 is 0. The Hall–Kier alpha value is -3.75. The summed E-state index contributed by atoms with van der Waals surface area (Å²) in [6.45, 7) is 0.735. The molecule has 2 aromatic carbocycles. The lowest BCUT2D eigenvalue weighted by Gasteiger charge is -2.22. The Morgan fingerprint density at radius 1 is 0.938 bits per heavy atom. The standard InChI is InChI=1S/C24H23N3O4S/c28-22(26-31)14-13-20-11-12-21(32-20)17-27(16-15-18-7-3-1-4-8-18)24(30)25-23(29)19-9-5-2-6-10-19/h1-14,31H,15-17H2,(H,26,28)(H,25,29,30)/b14-13+. The van der Waals surface area contributed by atoms with E-state index in [0.717, 1.165) is 15.3 Å². The van der Waals surface area contributed by atoms with Crippen LogP contribution in [0.3, 0.4) is 0 Å². The van der Waals surface area contributed by atoms with Crippen molar-refractivity contribution < 1.29 is 19.6 Å². The zero-order valence-electron chi connectivity index (χ0n) is 17.2. The Labute approximate surface area is 190 Å². The number of benzene rings is 2. The van der Waals surface area contributed by atoms with Crippen LogP contribution in [0, 0.1) is 0 Å². The first-order chi connectivity index (χ1) is 15.5. The van der Waals surface area contributed by atoms with E-state index in [9.17, 15) is 14.4 Å². The second kappa shape index (κ2) is 11.6. The number of nitrogens with zero attached hydrogens (tertiary/aromatic N) is 1. The van der Waals surface area contributed by atoms with Gasteiger partial charge in [-0.1, -0.05) is 48.5 Å². The fourth-order valence-electron chi connectivity index (χ4n) is 2.95. The molecule has 0 atom stereocenters. The lowest BCUT2D eigenvalue weighted by atomic mass is 10.1. The highest BCUT2D eigenvalue weighted by Crippen LogP contribution is 2.20. The minimum atomic E-state index is -0.622. The number of hydrogen-bond donors (Lipinski definition) is 3. The van der Waals surface area contributed by atoms with Gasteiger partial charge in [0, 0.05) is 27.9 Å². The van der Waals surface area contributed by atoms with Gasteiger partial charge in [0.1, 0.15) is 0 Å². The molecule has 0 aliphatic carbocycles. The lowest BCUT2D eigenvalue weighted by Crippen LogP contribution is -2.43. The van der Waals surface area contributed by atoms with Crippen LogP contribution in [0.2, 0.25) is 0 Å². The van der Waals surface area contributed by atoms with E-state index >= 15 is 0 Å². The van der Waals surface area contributed by atoms with E-state index in [1.54, 1.807) is 41.3 Å². The van der Waals surface area contributed by atoms with Crippen LogP contribution >= 0.6 is 11.3 Å². The van der Waals surface area contributed by atoms with Crippen LogP contribution in [0.25, 0.3) is 6.08 Å². The highest BCUT2D eigenvalue weighted by Gasteiger charge is 2.18. The van der Waals surface area contributed by atoms with Crippen molar-refractivity contribution in [3.8, 4) is 0 Å². The second-order valence-electron chi connectivity index (χ2n) is 6.90. The molecule has 3 rings (SSSR count). The predicted molar refractivity (Wildman–Crippen MR) is 123 cm³/mol. The molecule has 1 heterocycles. The number of amides is 4. The summed E-state index contributed by atoms with van der Waals surface area (Å²) in [5.41, 5.74) is 3.04. The average molecular weight is 450 g/mol. The summed E-state index contributed by atoms with van der Waals surface area (Å²) >= 11 is 1.41. The smallest absolute Gasteiger partial charge is 0.319 e. The van der Waals surface area contributed by atoms with Gasteiger partial charge >= 0.3 is 6.03 Å². The van der Waals surface area contributed by atoms with Crippen LogP contribution in [0.15, 0.2) is 78.9 Å². The van der Waals surface area contributed by atoms with Crippen molar-refractivity contribution in [3.63, 3.8) is 0 Å². The molecule has 8 heteroatoms. The number of urea groups is 1.